The summed E-state index contributed by atoms with van der Waals surface area (Å²) in [5, 5.41) is 11.6. The van der Waals surface area contributed by atoms with Crippen LogP contribution in [-0.4, -0.2) is 21.1 Å². The first-order valence-corrected chi connectivity index (χ1v) is 6.27. The van der Waals surface area contributed by atoms with Gasteiger partial charge in [0.15, 0.2) is 0 Å². The number of carbonyl (C=O) groups is 1. The molecule has 0 atom stereocenters. The standard InChI is InChI=1S/C12H10N4OS/c1-7-2-3-8-5-10(14-9(8)4-7)11(17)15-12-16-13-6-18-12/h2-6,14H,1H3,(H,15,16,17). The molecular formula is C12H10N4OS. The van der Waals surface area contributed by atoms with Gasteiger partial charge in [-0.3, -0.25) is 10.1 Å². The summed E-state index contributed by atoms with van der Waals surface area (Å²) in [6, 6.07) is 7.84. The lowest BCUT2D eigenvalue weighted by atomic mass is 10.2. The molecule has 2 heterocycles. The molecule has 0 aliphatic heterocycles. The topological polar surface area (TPSA) is 70.7 Å². The van der Waals surface area contributed by atoms with E-state index < -0.39 is 0 Å². The van der Waals surface area contributed by atoms with Crippen LogP contribution in [-0.2, 0) is 0 Å². The third-order valence-electron chi connectivity index (χ3n) is 2.60. The molecule has 0 aliphatic carbocycles. The molecule has 0 spiro atoms. The number of nitrogens with one attached hydrogen (secondary N) is 2. The van der Waals surface area contributed by atoms with E-state index in [1.165, 1.54) is 11.3 Å². The van der Waals surface area contributed by atoms with E-state index in [2.05, 4.69) is 20.5 Å². The van der Waals surface area contributed by atoms with E-state index in [4.69, 9.17) is 0 Å². The average Bonchev–Trinajstić information content (AvgIpc) is 2.96. The highest BCUT2D eigenvalue weighted by molar-refractivity contribution is 7.13. The molecule has 6 heteroatoms. The van der Waals surface area contributed by atoms with E-state index in [0.717, 1.165) is 16.5 Å². The highest BCUT2D eigenvalue weighted by Crippen LogP contribution is 2.18. The average molecular weight is 258 g/mol. The van der Waals surface area contributed by atoms with Gasteiger partial charge in [0, 0.05) is 10.9 Å². The fourth-order valence-corrected chi connectivity index (χ4v) is 2.20. The number of nitrogens with zero attached hydrogens (tertiary/aromatic N) is 2. The Labute approximate surface area is 107 Å². The Balaban J connectivity index is 1.92. The van der Waals surface area contributed by atoms with Crippen LogP contribution in [0, 0.1) is 6.92 Å². The van der Waals surface area contributed by atoms with Crippen LogP contribution < -0.4 is 5.32 Å². The van der Waals surface area contributed by atoms with E-state index >= 15 is 0 Å². The Morgan fingerprint density at radius 3 is 3.06 bits per heavy atom. The van der Waals surface area contributed by atoms with Gasteiger partial charge in [0.25, 0.3) is 5.91 Å². The Kier molecular flexibility index (Phi) is 2.56. The molecule has 1 aromatic carbocycles. The minimum atomic E-state index is -0.208. The Hall–Kier alpha value is -2.21. The van der Waals surface area contributed by atoms with Gasteiger partial charge in [-0.05, 0) is 24.6 Å². The van der Waals surface area contributed by atoms with Gasteiger partial charge in [0.05, 0.1) is 0 Å². The van der Waals surface area contributed by atoms with Crippen molar-refractivity contribution in [1.82, 2.24) is 15.2 Å². The smallest absolute Gasteiger partial charge is 0.273 e. The van der Waals surface area contributed by atoms with Crippen molar-refractivity contribution in [2.75, 3.05) is 5.32 Å². The number of benzene rings is 1. The molecule has 90 valence electrons. The molecule has 2 aromatic heterocycles. The molecule has 1 amide bonds. The van der Waals surface area contributed by atoms with Crippen molar-refractivity contribution in [3.63, 3.8) is 0 Å². The van der Waals surface area contributed by atoms with Gasteiger partial charge in [-0.1, -0.05) is 23.5 Å². The summed E-state index contributed by atoms with van der Waals surface area (Å²) in [6.45, 7) is 2.02. The number of fused-ring (bicyclic) bond motifs is 1. The third-order valence-corrected chi connectivity index (χ3v) is 3.21. The second kappa shape index (κ2) is 4.23. The van der Waals surface area contributed by atoms with Crippen molar-refractivity contribution in [3.8, 4) is 0 Å². The number of anilines is 1. The highest BCUT2D eigenvalue weighted by atomic mass is 32.1. The Bertz CT molecular complexity index is 702. The van der Waals surface area contributed by atoms with Crippen molar-refractivity contribution >= 4 is 33.3 Å². The first-order valence-electron chi connectivity index (χ1n) is 5.39. The zero-order valence-electron chi connectivity index (χ0n) is 9.60. The molecule has 0 fully saturated rings. The lowest BCUT2D eigenvalue weighted by Crippen LogP contribution is -2.11. The second-order valence-corrected chi connectivity index (χ2v) is 4.80. The number of aromatic nitrogens is 3. The molecule has 3 rings (SSSR count). The van der Waals surface area contributed by atoms with E-state index in [1.807, 2.05) is 31.2 Å². The number of carbonyl (C=O) groups excluding carboxylic acids is 1. The largest absolute Gasteiger partial charge is 0.351 e. The lowest BCUT2D eigenvalue weighted by molar-refractivity contribution is 0.102. The molecule has 0 unspecified atom stereocenters. The van der Waals surface area contributed by atoms with Gasteiger partial charge in [-0.15, -0.1) is 10.2 Å². The van der Waals surface area contributed by atoms with Crippen LogP contribution in [0.15, 0.2) is 29.8 Å². The summed E-state index contributed by atoms with van der Waals surface area (Å²) < 4.78 is 0. The molecule has 18 heavy (non-hydrogen) atoms. The lowest BCUT2D eigenvalue weighted by Gasteiger charge is -1.96. The van der Waals surface area contributed by atoms with E-state index in [0.29, 0.717) is 10.8 Å². The SMILES string of the molecule is Cc1ccc2cc(C(=O)Nc3nncs3)[nH]c2c1. The molecule has 0 radical (unpaired) electrons. The first kappa shape index (κ1) is 10.9. The van der Waals surface area contributed by atoms with Gasteiger partial charge in [0.2, 0.25) is 5.13 Å². The van der Waals surface area contributed by atoms with Crippen molar-refractivity contribution in [3.05, 3.63) is 41.0 Å². The van der Waals surface area contributed by atoms with Crippen LogP contribution >= 0.6 is 11.3 Å². The number of aryl methyl sites for hydroxylation is 1. The van der Waals surface area contributed by atoms with Crippen molar-refractivity contribution in [1.29, 1.82) is 0 Å². The maximum Gasteiger partial charge on any atom is 0.273 e. The summed E-state index contributed by atoms with van der Waals surface area (Å²) in [5.74, 6) is -0.208. The van der Waals surface area contributed by atoms with Gasteiger partial charge in [-0.2, -0.15) is 0 Å². The van der Waals surface area contributed by atoms with Crippen LogP contribution in [0.1, 0.15) is 16.1 Å². The minimum Gasteiger partial charge on any atom is -0.351 e. The van der Waals surface area contributed by atoms with Crippen molar-refractivity contribution in [2.45, 2.75) is 6.92 Å². The van der Waals surface area contributed by atoms with Gasteiger partial charge < -0.3 is 4.98 Å². The summed E-state index contributed by atoms with van der Waals surface area (Å²) >= 11 is 1.29. The Morgan fingerprint density at radius 2 is 2.28 bits per heavy atom. The normalized spacial score (nSPS) is 10.7. The maximum absolute atomic E-state index is 12.0. The zero-order chi connectivity index (χ0) is 12.5. The Morgan fingerprint density at radius 1 is 1.39 bits per heavy atom. The van der Waals surface area contributed by atoms with Gasteiger partial charge >= 0.3 is 0 Å². The number of aromatic amines is 1. The molecule has 3 aromatic rings. The summed E-state index contributed by atoms with van der Waals surface area (Å²) in [5.41, 5.74) is 4.20. The van der Waals surface area contributed by atoms with Gasteiger partial charge in [-0.25, -0.2) is 0 Å². The van der Waals surface area contributed by atoms with Gasteiger partial charge in [0.1, 0.15) is 11.2 Å². The fraction of sp³-hybridized carbons (Fsp3) is 0.0833. The highest BCUT2D eigenvalue weighted by Gasteiger charge is 2.11. The molecule has 0 aliphatic rings. The molecule has 0 saturated heterocycles. The monoisotopic (exact) mass is 258 g/mol. The van der Waals surface area contributed by atoms with Crippen LogP contribution in [0.3, 0.4) is 0 Å². The maximum atomic E-state index is 12.0. The molecule has 5 nitrogen and oxygen atoms in total. The third kappa shape index (κ3) is 1.98. The van der Waals surface area contributed by atoms with Crippen molar-refractivity contribution in [2.24, 2.45) is 0 Å². The summed E-state index contributed by atoms with van der Waals surface area (Å²) in [7, 11) is 0. The second-order valence-electron chi connectivity index (χ2n) is 3.97. The summed E-state index contributed by atoms with van der Waals surface area (Å²) in [6.07, 6.45) is 0. The molecule has 2 N–H and O–H groups in total. The summed E-state index contributed by atoms with van der Waals surface area (Å²) in [4.78, 5) is 15.1. The molecular weight excluding hydrogens is 248 g/mol. The van der Waals surface area contributed by atoms with Crippen molar-refractivity contribution < 1.29 is 4.79 Å². The predicted octanol–water partition coefficient (Wildman–Crippen LogP) is 2.58. The van der Waals surface area contributed by atoms with Crippen LogP contribution in [0.2, 0.25) is 0 Å². The number of H-pyrrole nitrogens is 1. The van der Waals surface area contributed by atoms with Crippen LogP contribution in [0.4, 0.5) is 5.13 Å². The first-order chi connectivity index (χ1) is 8.72. The zero-order valence-corrected chi connectivity index (χ0v) is 10.4. The minimum absolute atomic E-state index is 0.208. The predicted molar refractivity (Wildman–Crippen MR) is 70.9 cm³/mol. The van der Waals surface area contributed by atoms with E-state index in [9.17, 15) is 4.79 Å². The number of amides is 1. The quantitative estimate of drug-likeness (QED) is 0.742. The van der Waals surface area contributed by atoms with E-state index in [-0.39, 0.29) is 5.91 Å². The number of rotatable bonds is 2. The fourth-order valence-electron chi connectivity index (χ4n) is 1.76. The van der Waals surface area contributed by atoms with Crippen LogP contribution in [0.25, 0.3) is 10.9 Å². The molecule has 0 bridgehead atoms. The van der Waals surface area contributed by atoms with Crippen LogP contribution in [0.5, 0.6) is 0 Å². The van der Waals surface area contributed by atoms with E-state index in [1.54, 1.807) is 5.51 Å². The molecule has 0 saturated carbocycles. The number of hydrogen-bond donors (Lipinski definition) is 2. The number of hydrogen-bond acceptors (Lipinski definition) is 4.